The fraction of sp³-hybridized carbons (Fsp3) is 0.250. The van der Waals surface area contributed by atoms with E-state index in [9.17, 15) is 4.79 Å². The van der Waals surface area contributed by atoms with Crippen molar-refractivity contribution < 1.29 is 14.3 Å². The molecule has 124 valence electrons. The van der Waals surface area contributed by atoms with Gasteiger partial charge in [-0.25, -0.2) is 19.7 Å². The summed E-state index contributed by atoms with van der Waals surface area (Å²) in [5, 5.41) is 0. The number of fused-ring (bicyclic) bond motifs is 1. The van der Waals surface area contributed by atoms with Crippen LogP contribution in [-0.4, -0.2) is 38.7 Å². The lowest BCUT2D eigenvalue weighted by molar-refractivity contribution is -0.145. The molecule has 0 saturated heterocycles. The van der Waals surface area contributed by atoms with Gasteiger partial charge in [0.1, 0.15) is 17.6 Å². The first-order valence-corrected chi connectivity index (χ1v) is 7.46. The van der Waals surface area contributed by atoms with Gasteiger partial charge >= 0.3 is 5.97 Å². The maximum Gasteiger partial charge on any atom is 0.344 e. The Labute approximate surface area is 138 Å². The molecule has 0 saturated carbocycles. The Kier molecular flexibility index (Phi) is 4.55. The van der Waals surface area contributed by atoms with Crippen molar-refractivity contribution in [2.75, 3.05) is 18.9 Å². The zero-order valence-corrected chi connectivity index (χ0v) is 13.2. The Hall–Kier alpha value is -3.16. The van der Waals surface area contributed by atoms with Crippen LogP contribution in [0.3, 0.4) is 0 Å². The van der Waals surface area contributed by atoms with Gasteiger partial charge in [-0.15, -0.1) is 0 Å². The molecule has 3 rings (SSSR count). The minimum absolute atomic E-state index is 0.102. The Morgan fingerprint density at radius 3 is 2.75 bits per heavy atom. The van der Waals surface area contributed by atoms with Crippen LogP contribution in [0.1, 0.15) is 12.5 Å². The number of carbonyl (C=O) groups excluding carboxylic acids is 1. The maximum atomic E-state index is 11.3. The number of aromatic nitrogens is 4. The van der Waals surface area contributed by atoms with Crippen LogP contribution >= 0.6 is 0 Å². The van der Waals surface area contributed by atoms with Gasteiger partial charge in [-0.1, -0.05) is 12.1 Å². The summed E-state index contributed by atoms with van der Waals surface area (Å²) in [6.07, 6.45) is 3.10. The molecule has 0 aliphatic carbocycles. The van der Waals surface area contributed by atoms with Crippen molar-refractivity contribution in [3.63, 3.8) is 0 Å². The summed E-state index contributed by atoms with van der Waals surface area (Å²) in [4.78, 5) is 23.6. The number of benzene rings is 1. The van der Waals surface area contributed by atoms with E-state index in [1.54, 1.807) is 25.4 Å². The zero-order chi connectivity index (χ0) is 16.9. The summed E-state index contributed by atoms with van der Waals surface area (Å²) in [5.41, 5.74) is 8.09. The van der Waals surface area contributed by atoms with Gasteiger partial charge in [0.25, 0.3) is 0 Å². The molecule has 2 N–H and O–H groups in total. The van der Waals surface area contributed by atoms with Crippen molar-refractivity contribution in [2.24, 2.45) is 0 Å². The SMILES string of the molecule is CCOC(=O)COc1ccc(Cn2cnc3c(N)ncnc32)cc1. The van der Waals surface area contributed by atoms with Gasteiger partial charge in [0.15, 0.2) is 18.1 Å². The van der Waals surface area contributed by atoms with Crippen LogP contribution in [0.2, 0.25) is 0 Å². The average Bonchev–Trinajstić information content (AvgIpc) is 2.99. The van der Waals surface area contributed by atoms with Crippen LogP contribution in [0, 0.1) is 0 Å². The number of rotatable bonds is 6. The molecule has 8 heteroatoms. The first-order chi connectivity index (χ1) is 11.7. The van der Waals surface area contributed by atoms with Gasteiger partial charge < -0.3 is 19.8 Å². The predicted molar refractivity (Wildman–Crippen MR) is 87.4 cm³/mol. The molecule has 0 amide bonds. The number of ether oxygens (including phenoxy) is 2. The fourth-order valence-corrected chi connectivity index (χ4v) is 2.25. The van der Waals surface area contributed by atoms with Crippen molar-refractivity contribution in [3.05, 3.63) is 42.5 Å². The highest BCUT2D eigenvalue weighted by atomic mass is 16.6. The number of nitrogens with two attached hydrogens (primary N) is 1. The lowest BCUT2D eigenvalue weighted by atomic mass is 10.2. The Morgan fingerprint density at radius 2 is 2.00 bits per heavy atom. The minimum Gasteiger partial charge on any atom is -0.482 e. The third-order valence-electron chi connectivity index (χ3n) is 3.37. The highest BCUT2D eigenvalue weighted by Crippen LogP contribution is 2.17. The minimum atomic E-state index is -0.385. The quantitative estimate of drug-likeness (QED) is 0.682. The number of hydrogen-bond acceptors (Lipinski definition) is 7. The summed E-state index contributed by atoms with van der Waals surface area (Å²) >= 11 is 0. The molecule has 0 unspecified atom stereocenters. The van der Waals surface area contributed by atoms with E-state index in [1.807, 2.05) is 16.7 Å². The highest BCUT2D eigenvalue weighted by Gasteiger charge is 2.08. The van der Waals surface area contributed by atoms with Crippen LogP contribution in [0.5, 0.6) is 5.75 Å². The molecule has 0 radical (unpaired) electrons. The average molecular weight is 327 g/mol. The molecule has 0 atom stereocenters. The molecule has 0 fully saturated rings. The van der Waals surface area contributed by atoms with E-state index >= 15 is 0 Å². The van der Waals surface area contributed by atoms with Gasteiger partial charge in [-0.3, -0.25) is 0 Å². The van der Waals surface area contributed by atoms with E-state index in [0.717, 1.165) is 5.56 Å². The number of hydrogen-bond donors (Lipinski definition) is 1. The third-order valence-corrected chi connectivity index (χ3v) is 3.37. The molecule has 0 aliphatic rings. The second kappa shape index (κ2) is 6.95. The van der Waals surface area contributed by atoms with Crippen molar-refractivity contribution in [3.8, 4) is 5.75 Å². The highest BCUT2D eigenvalue weighted by molar-refractivity contribution is 5.81. The zero-order valence-electron chi connectivity index (χ0n) is 13.2. The van der Waals surface area contributed by atoms with Crippen molar-refractivity contribution in [1.29, 1.82) is 0 Å². The number of carbonyl (C=O) groups is 1. The fourth-order valence-electron chi connectivity index (χ4n) is 2.25. The normalized spacial score (nSPS) is 10.7. The van der Waals surface area contributed by atoms with Gasteiger partial charge in [0, 0.05) is 0 Å². The van der Waals surface area contributed by atoms with Crippen molar-refractivity contribution in [1.82, 2.24) is 19.5 Å². The summed E-state index contributed by atoms with van der Waals surface area (Å²) in [6.45, 7) is 2.58. The summed E-state index contributed by atoms with van der Waals surface area (Å²) < 4.78 is 12.1. The Morgan fingerprint density at radius 1 is 1.21 bits per heavy atom. The second-order valence-corrected chi connectivity index (χ2v) is 5.04. The monoisotopic (exact) mass is 327 g/mol. The van der Waals surface area contributed by atoms with Crippen LogP contribution in [0.4, 0.5) is 5.82 Å². The Balaban J connectivity index is 1.67. The molecule has 2 heterocycles. The first-order valence-electron chi connectivity index (χ1n) is 7.46. The van der Waals surface area contributed by atoms with Crippen LogP contribution in [0.15, 0.2) is 36.9 Å². The number of esters is 1. The molecule has 8 nitrogen and oxygen atoms in total. The van der Waals surface area contributed by atoms with Crippen LogP contribution in [0.25, 0.3) is 11.2 Å². The number of nitrogens with zero attached hydrogens (tertiary/aromatic N) is 4. The molecule has 24 heavy (non-hydrogen) atoms. The molecule has 2 aromatic heterocycles. The largest absolute Gasteiger partial charge is 0.482 e. The molecule has 0 aliphatic heterocycles. The topological polar surface area (TPSA) is 105 Å². The number of imidazole rings is 1. The van der Waals surface area contributed by atoms with E-state index < -0.39 is 0 Å². The third kappa shape index (κ3) is 3.43. The molecular weight excluding hydrogens is 310 g/mol. The van der Waals surface area contributed by atoms with E-state index in [0.29, 0.717) is 35.9 Å². The van der Waals surface area contributed by atoms with Gasteiger partial charge in [-0.05, 0) is 24.6 Å². The lowest BCUT2D eigenvalue weighted by Crippen LogP contribution is -2.14. The van der Waals surface area contributed by atoms with E-state index in [4.69, 9.17) is 15.2 Å². The summed E-state index contributed by atoms with van der Waals surface area (Å²) in [7, 11) is 0. The van der Waals surface area contributed by atoms with E-state index in [-0.39, 0.29) is 12.6 Å². The standard InChI is InChI=1S/C16H17N5O3/c1-2-23-13(22)8-24-12-5-3-11(4-6-12)7-21-10-20-14-15(17)18-9-19-16(14)21/h3-6,9-10H,2,7-8H2,1H3,(H2,17,18,19). The maximum absolute atomic E-state index is 11.3. The lowest BCUT2D eigenvalue weighted by Gasteiger charge is -2.07. The van der Waals surface area contributed by atoms with Crippen LogP contribution < -0.4 is 10.5 Å². The second-order valence-electron chi connectivity index (χ2n) is 5.04. The van der Waals surface area contributed by atoms with Crippen molar-refractivity contribution in [2.45, 2.75) is 13.5 Å². The van der Waals surface area contributed by atoms with Crippen molar-refractivity contribution >= 4 is 23.0 Å². The molecule has 3 aromatic rings. The van der Waals surface area contributed by atoms with Gasteiger partial charge in [-0.2, -0.15) is 0 Å². The van der Waals surface area contributed by atoms with E-state index in [1.165, 1.54) is 6.33 Å². The first kappa shape index (κ1) is 15.7. The van der Waals surface area contributed by atoms with Crippen LogP contribution in [-0.2, 0) is 16.1 Å². The van der Waals surface area contributed by atoms with E-state index in [2.05, 4.69) is 15.0 Å². The smallest absolute Gasteiger partial charge is 0.344 e. The number of nitrogen functional groups attached to an aromatic ring is 1. The molecular formula is C16H17N5O3. The molecule has 0 spiro atoms. The van der Waals surface area contributed by atoms with Gasteiger partial charge in [0.05, 0.1) is 19.5 Å². The summed E-state index contributed by atoms with van der Waals surface area (Å²) in [6, 6.07) is 7.43. The molecule has 0 bridgehead atoms. The van der Waals surface area contributed by atoms with Gasteiger partial charge in [0.2, 0.25) is 0 Å². The molecule has 1 aromatic carbocycles. The number of anilines is 1. The Bertz CT molecular complexity index is 845. The predicted octanol–water partition coefficient (Wildman–Crippen LogP) is 1.40. The summed E-state index contributed by atoms with van der Waals surface area (Å²) in [5.74, 6) is 0.582.